The van der Waals surface area contributed by atoms with Crippen LogP contribution < -0.4 is 15.4 Å². The monoisotopic (exact) mass is 581 g/mol. The van der Waals surface area contributed by atoms with Gasteiger partial charge in [0.15, 0.2) is 0 Å². The summed E-state index contributed by atoms with van der Waals surface area (Å²) in [6, 6.07) is 14.2. The minimum Gasteiger partial charge on any atom is -0.463 e. The zero-order valence-electron chi connectivity index (χ0n) is 25.4. The number of nitrogens with zero attached hydrogens (tertiary/aromatic N) is 1. The van der Waals surface area contributed by atoms with Crippen molar-refractivity contribution in [3.8, 4) is 5.75 Å². The van der Waals surface area contributed by atoms with Crippen molar-refractivity contribution in [1.82, 2.24) is 15.5 Å². The Balaban J connectivity index is 1.01. The Morgan fingerprint density at radius 1 is 1.00 bits per heavy atom. The van der Waals surface area contributed by atoms with Crippen LogP contribution in [0.25, 0.3) is 0 Å². The summed E-state index contributed by atoms with van der Waals surface area (Å²) in [5.74, 6) is 0.200. The van der Waals surface area contributed by atoms with Gasteiger partial charge in [-0.15, -0.1) is 0 Å². The molecule has 0 bridgehead atoms. The number of hydrogen-bond acceptors (Lipinski definition) is 6. The van der Waals surface area contributed by atoms with E-state index in [-0.39, 0.29) is 18.2 Å². The van der Waals surface area contributed by atoms with Crippen molar-refractivity contribution in [3.63, 3.8) is 0 Å². The molecule has 4 rings (SSSR count). The van der Waals surface area contributed by atoms with Crippen LogP contribution in [0.5, 0.6) is 5.75 Å². The Morgan fingerprint density at radius 2 is 1.79 bits per heavy atom. The van der Waals surface area contributed by atoms with Crippen molar-refractivity contribution in [2.24, 2.45) is 0 Å². The van der Waals surface area contributed by atoms with Crippen LogP contribution in [-0.4, -0.2) is 55.7 Å². The van der Waals surface area contributed by atoms with Crippen molar-refractivity contribution in [1.29, 1.82) is 0 Å². The lowest BCUT2D eigenvalue weighted by molar-refractivity contribution is -0.180. The zero-order valence-corrected chi connectivity index (χ0v) is 25.4. The van der Waals surface area contributed by atoms with Gasteiger partial charge >= 0.3 is 12.1 Å². The molecule has 0 aliphatic carbocycles. The standard InChI is InChI=1S/C33H47N3O6/c1-4-34-31(37)35-22-26-14-11-13-25(20-26)12-7-10-19-39-18-9-6-5-8-17-36-23-30(41-32(36)38)27-15-16-29-28(21-27)24-40-33(2,3)42-29/h11,13-16,20-21,30H,4-10,12,17-19,22-24H2,1-3H3,(H2,34,35,37). The molecule has 0 aromatic heterocycles. The number of unbranched alkanes of at least 4 members (excludes halogenated alkanes) is 4. The van der Waals surface area contributed by atoms with Gasteiger partial charge in [-0.1, -0.05) is 43.2 Å². The molecule has 230 valence electrons. The molecule has 2 aliphatic rings. The molecule has 1 fully saturated rings. The fourth-order valence-corrected chi connectivity index (χ4v) is 5.22. The summed E-state index contributed by atoms with van der Waals surface area (Å²) in [6.45, 7) is 10.2. The van der Waals surface area contributed by atoms with Crippen molar-refractivity contribution >= 4 is 12.1 Å². The summed E-state index contributed by atoms with van der Waals surface area (Å²) in [4.78, 5) is 25.8. The molecule has 2 aliphatic heterocycles. The molecule has 1 atom stereocenters. The molecule has 1 unspecified atom stereocenters. The van der Waals surface area contributed by atoms with Gasteiger partial charge in [-0.05, 0) is 67.9 Å². The lowest BCUT2D eigenvalue weighted by atomic mass is 10.0. The average molecular weight is 582 g/mol. The number of urea groups is 1. The first kappa shape index (κ1) is 31.6. The van der Waals surface area contributed by atoms with Gasteiger partial charge in [0, 0.05) is 52.3 Å². The van der Waals surface area contributed by atoms with Crippen LogP contribution in [0.3, 0.4) is 0 Å². The molecule has 2 aromatic rings. The number of carbonyl (C=O) groups is 2. The second kappa shape index (κ2) is 15.8. The topological polar surface area (TPSA) is 98.4 Å². The SMILES string of the molecule is CCNC(=O)NCc1cccc(CCCCOCCCCCCN2CC(c3ccc4c(c3)COC(C)(C)O4)OC2=O)c1. The van der Waals surface area contributed by atoms with Gasteiger partial charge in [0.05, 0.1) is 13.2 Å². The van der Waals surface area contributed by atoms with Gasteiger partial charge in [0.2, 0.25) is 5.79 Å². The van der Waals surface area contributed by atoms with Crippen molar-refractivity contribution in [2.75, 3.05) is 32.8 Å². The summed E-state index contributed by atoms with van der Waals surface area (Å²) in [5.41, 5.74) is 4.36. The Hall–Kier alpha value is -3.30. The molecule has 3 amide bonds. The third-order valence-corrected chi connectivity index (χ3v) is 7.53. The molecular weight excluding hydrogens is 534 g/mol. The Kier molecular flexibility index (Phi) is 11.9. The highest BCUT2D eigenvalue weighted by Crippen LogP contribution is 2.35. The van der Waals surface area contributed by atoms with Gasteiger partial charge in [0.25, 0.3) is 0 Å². The van der Waals surface area contributed by atoms with Gasteiger partial charge < -0.3 is 34.5 Å². The first-order valence-electron chi connectivity index (χ1n) is 15.4. The predicted octanol–water partition coefficient (Wildman–Crippen LogP) is 6.24. The number of nitrogens with one attached hydrogen (secondary N) is 2. The Morgan fingerprint density at radius 3 is 2.62 bits per heavy atom. The molecule has 9 nitrogen and oxygen atoms in total. The number of cyclic esters (lactones) is 1. The summed E-state index contributed by atoms with van der Waals surface area (Å²) in [6.07, 6.45) is 6.75. The van der Waals surface area contributed by atoms with Crippen LogP contribution in [0.2, 0.25) is 0 Å². The molecular formula is C33H47N3O6. The maximum absolute atomic E-state index is 12.4. The number of benzene rings is 2. The summed E-state index contributed by atoms with van der Waals surface area (Å²) >= 11 is 0. The van der Waals surface area contributed by atoms with Crippen LogP contribution in [0.15, 0.2) is 42.5 Å². The number of fused-ring (bicyclic) bond motifs is 1. The van der Waals surface area contributed by atoms with Crippen molar-refractivity contribution in [3.05, 3.63) is 64.7 Å². The molecule has 42 heavy (non-hydrogen) atoms. The zero-order chi connectivity index (χ0) is 29.8. The van der Waals surface area contributed by atoms with Crippen LogP contribution in [0, 0.1) is 0 Å². The minimum absolute atomic E-state index is 0.136. The fraction of sp³-hybridized carbons (Fsp3) is 0.576. The molecule has 0 radical (unpaired) electrons. The van der Waals surface area contributed by atoms with Crippen molar-refractivity contribution < 1.29 is 28.5 Å². The van der Waals surface area contributed by atoms with Crippen LogP contribution in [0.4, 0.5) is 9.59 Å². The first-order valence-corrected chi connectivity index (χ1v) is 15.4. The van der Waals surface area contributed by atoms with Gasteiger partial charge in [-0.25, -0.2) is 9.59 Å². The smallest absolute Gasteiger partial charge is 0.410 e. The van der Waals surface area contributed by atoms with Crippen molar-refractivity contribution in [2.45, 2.75) is 90.8 Å². The third kappa shape index (κ3) is 9.91. The number of ether oxygens (including phenoxy) is 4. The average Bonchev–Trinajstić information content (AvgIpc) is 3.34. The molecule has 2 N–H and O–H groups in total. The maximum atomic E-state index is 12.4. The number of carbonyl (C=O) groups excluding carboxylic acids is 2. The van der Waals surface area contributed by atoms with E-state index in [1.807, 2.05) is 56.0 Å². The lowest BCUT2D eigenvalue weighted by Gasteiger charge is -2.32. The number of amides is 3. The van der Waals surface area contributed by atoms with Crippen LogP contribution in [0.1, 0.15) is 87.7 Å². The second-order valence-electron chi connectivity index (χ2n) is 11.5. The predicted molar refractivity (Wildman–Crippen MR) is 161 cm³/mol. The molecule has 2 aromatic carbocycles. The highest BCUT2D eigenvalue weighted by Gasteiger charge is 2.33. The first-order chi connectivity index (χ1) is 20.3. The Labute approximate surface area is 250 Å². The van der Waals surface area contributed by atoms with E-state index in [2.05, 4.69) is 22.8 Å². The highest BCUT2D eigenvalue weighted by atomic mass is 16.7. The molecule has 2 heterocycles. The number of hydrogen-bond donors (Lipinski definition) is 2. The fourth-order valence-electron chi connectivity index (χ4n) is 5.22. The molecule has 9 heteroatoms. The van der Waals surface area contributed by atoms with E-state index in [0.29, 0.717) is 32.8 Å². The van der Waals surface area contributed by atoms with Gasteiger partial charge in [-0.2, -0.15) is 0 Å². The minimum atomic E-state index is -0.625. The second-order valence-corrected chi connectivity index (χ2v) is 11.5. The van der Waals surface area contributed by atoms with Gasteiger partial charge in [0.1, 0.15) is 11.9 Å². The maximum Gasteiger partial charge on any atom is 0.410 e. The quantitative estimate of drug-likeness (QED) is 0.228. The van der Waals surface area contributed by atoms with E-state index < -0.39 is 5.79 Å². The Bertz CT molecular complexity index is 1170. The van der Waals surface area contributed by atoms with Gasteiger partial charge in [-0.3, -0.25) is 0 Å². The molecule has 0 saturated carbocycles. The van der Waals surface area contributed by atoms with E-state index in [0.717, 1.165) is 80.6 Å². The summed E-state index contributed by atoms with van der Waals surface area (Å²) in [5, 5.41) is 5.61. The molecule has 1 saturated heterocycles. The number of rotatable bonds is 16. The number of aryl methyl sites for hydroxylation is 1. The van der Waals surface area contributed by atoms with E-state index in [4.69, 9.17) is 18.9 Å². The van der Waals surface area contributed by atoms with Crippen LogP contribution in [-0.2, 0) is 33.8 Å². The van der Waals surface area contributed by atoms with Crippen LogP contribution >= 0.6 is 0 Å². The molecule has 0 spiro atoms. The normalized spacial score (nSPS) is 17.4. The van der Waals surface area contributed by atoms with E-state index in [9.17, 15) is 9.59 Å². The van der Waals surface area contributed by atoms with E-state index in [1.165, 1.54) is 5.56 Å². The highest BCUT2D eigenvalue weighted by molar-refractivity contribution is 5.73. The largest absolute Gasteiger partial charge is 0.463 e. The van der Waals surface area contributed by atoms with E-state index >= 15 is 0 Å². The summed E-state index contributed by atoms with van der Waals surface area (Å²) < 4.78 is 23.1. The lowest BCUT2D eigenvalue weighted by Crippen LogP contribution is -2.35. The third-order valence-electron chi connectivity index (χ3n) is 7.53. The summed E-state index contributed by atoms with van der Waals surface area (Å²) in [7, 11) is 0. The van der Waals surface area contributed by atoms with E-state index in [1.54, 1.807) is 0 Å².